The Labute approximate surface area is 102 Å². The molecule has 0 atom stereocenters. The van der Waals surface area contributed by atoms with E-state index >= 15 is 0 Å². The largest absolute Gasteiger partial charge is 1.00 e. The van der Waals surface area contributed by atoms with Gasteiger partial charge in [0.05, 0.1) is 6.33 Å². The van der Waals surface area contributed by atoms with Gasteiger partial charge >= 0.3 is 5.97 Å². The monoisotopic (exact) mass is 245 g/mol. The van der Waals surface area contributed by atoms with Crippen molar-refractivity contribution in [2.45, 2.75) is 45.1 Å². The molecule has 5 heteroatoms. The molecule has 0 fully saturated rings. The summed E-state index contributed by atoms with van der Waals surface area (Å²) in [5, 5.41) is 8.43. The van der Waals surface area contributed by atoms with Crippen molar-refractivity contribution in [3.63, 3.8) is 0 Å². The quantitative estimate of drug-likeness (QED) is 0.617. The number of carboxylic acids is 1. The molecule has 0 bridgehead atoms. The van der Waals surface area contributed by atoms with E-state index in [1.54, 1.807) is 6.20 Å². The summed E-state index contributed by atoms with van der Waals surface area (Å²) in [6, 6.07) is 0. The number of imidazole rings is 1. The fourth-order valence-electron chi connectivity index (χ4n) is 1.52. The Bertz CT molecular complexity index is 276. The molecule has 4 nitrogen and oxygen atoms in total. The average molecular weight is 246 g/mol. The van der Waals surface area contributed by atoms with Crippen LogP contribution in [0.5, 0.6) is 0 Å². The normalized spacial score (nSPS) is 9.75. The highest BCUT2D eigenvalue weighted by Crippen LogP contribution is 2.06. The van der Waals surface area contributed by atoms with Crippen LogP contribution in [0.15, 0.2) is 18.7 Å². The Morgan fingerprint density at radius 3 is 2.50 bits per heavy atom. The molecular weight excluding hydrogens is 228 g/mol. The lowest BCUT2D eigenvalue weighted by Crippen LogP contribution is -3.00. The molecular formula is C11H18ClN2O2-. The van der Waals surface area contributed by atoms with Crippen LogP contribution >= 0.6 is 0 Å². The van der Waals surface area contributed by atoms with Crippen molar-refractivity contribution in [2.24, 2.45) is 0 Å². The molecule has 1 heterocycles. The van der Waals surface area contributed by atoms with Crippen LogP contribution in [0.4, 0.5) is 0 Å². The van der Waals surface area contributed by atoms with Crippen molar-refractivity contribution in [1.29, 1.82) is 0 Å². The van der Waals surface area contributed by atoms with E-state index in [-0.39, 0.29) is 12.4 Å². The third kappa shape index (κ3) is 7.29. The van der Waals surface area contributed by atoms with Crippen LogP contribution in [-0.4, -0.2) is 20.6 Å². The van der Waals surface area contributed by atoms with Crippen LogP contribution < -0.4 is 12.4 Å². The third-order valence-electron chi connectivity index (χ3n) is 2.37. The molecule has 0 aromatic carbocycles. The first-order chi connectivity index (χ1) is 7.29. The second kappa shape index (κ2) is 9.21. The van der Waals surface area contributed by atoms with Crippen LogP contribution in [0.3, 0.4) is 0 Å². The van der Waals surface area contributed by atoms with E-state index < -0.39 is 5.97 Å². The summed E-state index contributed by atoms with van der Waals surface area (Å²) in [4.78, 5) is 14.2. The molecule has 0 aliphatic heterocycles. The van der Waals surface area contributed by atoms with Crippen LogP contribution in [0.25, 0.3) is 0 Å². The number of hydrogen-bond acceptors (Lipinski definition) is 2. The molecule has 92 valence electrons. The van der Waals surface area contributed by atoms with Crippen molar-refractivity contribution in [3.05, 3.63) is 18.7 Å². The highest BCUT2D eigenvalue weighted by molar-refractivity contribution is 5.66. The molecule has 0 amide bonds. The first kappa shape index (κ1) is 15.0. The number of carboxylic acid groups (broad SMARTS) is 1. The van der Waals surface area contributed by atoms with E-state index in [1.807, 2.05) is 12.5 Å². The SMILES string of the molecule is O=C(O)CCCCCCCn1ccnc1.[Cl-]. The zero-order valence-electron chi connectivity index (χ0n) is 9.31. The molecule has 0 radical (unpaired) electrons. The maximum Gasteiger partial charge on any atom is 0.303 e. The Kier molecular flexibility index (Phi) is 8.62. The Morgan fingerprint density at radius 1 is 1.19 bits per heavy atom. The summed E-state index contributed by atoms with van der Waals surface area (Å²) in [6.07, 6.45) is 11.1. The minimum atomic E-state index is -0.687. The van der Waals surface area contributed by atoms with Gasteiger partial charge in [-0.25, -0.2) is 4.98 Å². The minimum absolute atomic E-state index is 0. The molecule has 0 saturated carbocycles. The van der Waals surface area contributed by atoms with Gasteiger partial charge in [0.15, 0.2) is 0 Å². The van der Waals surface area contributed by atoms with E-state index in [9.17, 15) is 4.79 Å². The van der Waals surface area contributed by atoms with E-state index in [0.717, 1.165) is 38.6 Å². The number of aromatic nitrogens is 2. The van der Waals surface area contributed by atoms with Gasteiger partial charge in [-0.05, 0) is 12.8 Å². The van der Waals surface area contributed by atoms with Crippen LogP contribution in [0.1, 0.15) is 38.5 Å². The van der Waals surface area contributed by atoms with E-state index in [2.05, 4.69) is 9.55 Å². The maximum atomic E-state index is 10.2. The lowest BCUT2D eigenvalue weighted by molar-refractivity contribution is -0.137. The van der Waals surface area contributed by atoms with Gasteiger partial charge in [0.1, 0.15) is 0 Å². The summed E-state index contributed by atoms with van der Waals surface area (Å²) >= 11 is 0. The second-order valence-electron chi connectivity index (χ2n) is 3.71. The number of nitrogens with zero attached hydrogens (tertiary/aromatic N) is 2. The number of aryl methyl sites for hydroxylation is 1. The predicted molar refractivity (Wildman–Crippen MR) is 57.6 cm³/mol. The lowest BCUT2D eigenvalue weighted by atomic mass is 10.1. The van der Waals surface area contributed by atoms with Crippen molar-refractivity contribution in [2.75, 3.05) is 0 Å². The van der Waals surface area contributed by atoms with E-state index in [1.165, 1.54) is 0 Å². The van der Waals surface area contributed by atoms with Gasteiger partial charge in [-0.15, -0.1) is 0 Å². The van der Waals surface area contributed by atoms with Gasteiger partial charge in [-0.3, -0.25) is 4.79 Å². The summed E-state index contributed by atoms with van der Waals surface area (Å²) in [6.45, 7) is 1.01. The third-order valence-corrected chi connectivity index (χ3v) is 2.37. The minimum Gasteiger partial charge on any atom is -1.00 e. The van der Waals surface area contributed by atoms with Crippen molar-refractivity contribution >= 4 is 5.97 Å². The Morgan fingerprint density at radius 2 is 1.88 bits per heavy atom. The first-order valence-electron chi connectivity index (χ1n) is 5.46. The molecule has 0 aliphatic carbocycles. The van der Waals surface area contributed by atoms with Crippen LogP contribution in [-0.2, 0) is 11.3 Å². The molecule has 0 aliphatic rings. The first-order valence-corrected chi connectivity index (χ1v) is 5.46. The number of unbranched alkanes of at least 4 members (excludes halogenated alkanes) is 4. The fraction of sp³-hybridized carbons (Fsp3) is 0.636. The number of rotatable bonds is 8. The zero-order valence-corrected chi connectivity index (χ0v) is 10.1. The van der Waals surface area contributed by atoms with Crippen LogP contribution in [0.2, 0.25) is 0 Å². The highest BCUT2D eigenvalue weighted by atomic mass is 35.5. The standard InChI is InChI=1S/C11H18N2O2.ClH/c14-11(15)6-4-2-1-3-5-8-13-9-7-12-10-13;/h7,9-10H,1-6,8H2,(H,14,15);1H/p-1. The van der Waals surface area contributed by atoms with Crippen molar-refractivity contribution in [3.8, 4) is 0 Å². The van der Waals surface area contributed by atoms with Gasteiger partial charge < -0.3 is 22.1 Å². The number of halogens is 1. The zero-order chi connectivity index (χ0) is 10.9. The van der Waals surface area contributed by atoms with Crippen molar-refractivity contribution < 1.29 is 22.3 Å². The molecule has 1 aromatic rings. The topological polar surface area (TPSA) is 55.1 Å². The van der Waals surface area contributed by atoms with Crippen molar-refractivity contribution in [1.82, 2.24) is 9.55 Å². The predicted octanol–water partition coefficient (Wildman–Crippen LogP) is -0.688. The summed E-state index contributed by atoms with van der Waals surface area (Å²) in [5.74, 6) is -0.687. The Balaban J connectivity index is 0.00000225. The molecule has 0 spiro atoms. The smallest absolute Gasteiger partial charge is 0.303 e. The molecule has 1 aromatic heterocycles. The molecule has 1 rings (SSSR count). The van der Waals surface area contributed by atoms with E-state index in [0.29, 0.717) is 6.42 Å². The molecule has 16 heavy (non-hydrogen) atoms. The Hall–Kier alpha value is -1.03. The van der Waals surface area contributed by atoms with Gasteiger partial charge in [0.25, 0.3) is 0 Å². The van der Waals surface area contributed by atoms with Gasteiger partial charge in [-0.1, -0.05) is 19.3 Å². The maximum absolute atomic E-state index is 10.2. The number of hydrogen-bond donors (Lipinski definition) is 1. The second-order valence-corrected chi connectivity index (χ2v) is 3.71. The summed E-state index contributed by atoms with van der Waals surface area (Å²) < 4.78 is 2.07. The van der Waals surface area contributed by atoms with E-state index in [4.69, 9.17) is 5.11 Å². The number of aliphatic carboxylic acids is 1. The fourth-order valence-corrected chi connectivity index (χ4v) is 1.52. The van der Waals surface area contributed by atoms with Gasteiger partial charge in [0, 0.05) is 25.4 Å². The average Bonchev–Trinajstić information content (AvgIpc) is 2.68. The number of carbonyl (C=O) groups is 1. The molecule has 0 unspecified atom stereocenters. The molecule has 0 saturated heterocycles. The van der Waals surface area contributed by atoms with Crippen LogP contribution in [0, 0.1) is 0 Å². The summed E-state index contributed by atoms with van der Waals surface area (Å²) in [7, 11) is 0. The summed E-state index contributed by atoms with van der Waals surface area (Å²) in [5.41, 5.74) is 0. The highest BCUT2D eigenvalue weighted by Gasteiger charge is 1.96. The van der Waals surface area contributed by atoms with Gasteiger partial charge in [0.2, 0.25) is 0 Å². The lowest BCUT2D eigenvalue weighted by Gasteiger charge is -2.01. The molecule has 1 N–H and O–H groups in total. The van der Waals surface area contributed by atoms with Gasteiger partial charge in [-0.2, -0.15) is 0 Å².